The van der Waals surface area contributed by atoms with E-state index in [1.165, 1.54) is 0 Å². The van der Waals surface area contributed by atoms with Gasteiger partial charge < -0.3 is 15.5 Å². The third kappa shape index (κ3) is 5.88. The number of piperidine rings is 1. The minimum Gasteiger partial charge on any atom is -0.377 e. The number of rotatable bonds is 9. The first-order valence-electron chi connectivity index (χ1n) is 15.1. The lowest BCUT2D eigenvalue weighted by Gasteiger charge is -2.48. The van der Waals surface area contributed by atoms with Crippen molar-refractivity contribution in [1.29, 1.82) is 0 Å². The number of benzene rings is 1. The number of piperazine rings is 1. The molecular weight excluding hydrogens is 519 g/mol. The van der Waals surface area contributed by atoms with Crippen LogP contribution < -0.4 is 26.4 Å². The number of anilines is 4. The number of nitrogens with zero attached hydrogens (tertiary/aromatic N) is 4. The summed E-state index contributed by atoms with van der Waals surface area (Å²) in [6.45, 7) is 11.8. The zero-order valence-electron chi connectivity index (χ0n) is 24.4. The third-order valence-corrected chi connectivity index (χ3v) is 9.08. The molecule has 1 unspecified atom stereocenters. The average Bonchev–Trinajstić information content (AvgIpc) is 3.81. The molecular formula is C32H41FN6O2. The molecule has 8 nitrogen and oxygen atoms in total. The van der Waals surface area contributed by atoms with Gasteiger partial charge in [0.25, 0.3) is 10.9 Å². The molecule has 0 amide bonds. The quantitative estimate of drug-likeness (QED) is 0.375. The molecule has 1 aliphatic carbocycles. The monoisotopic (exact) mass is 560 g/mol. The van der Waals surface area contributed by atoms with Crippen molar-refractivity contribution in [2.24, 2.45) is 0 Å². The standard InChI is InChI=1S/C32H41FN6O2/c1-4-25-19-38(13-14-39(25)26-9-11-37(12-10-26)18-22-6-5-20(2)15-27(22)33)32-21(3)16-24(17-34-32)36-29-28(30(40)31(29)41)35-23-7-8-23/h5-6,15-17,23,25-26,35-36H,4,7-14,18-19H2,1-3H3. The van der Waals surface area contributed by atoms with Crippen molar-refractivity contribution in [3.05, 3.63) is 73.4 Å². The molecule has 0 radical (unpaired) electrons. The number of aryl methyl sites for hydroxylation is 2. The molecule has 3 heterocycles. The van der Waals surface area contributed by atoms with Crippen LogP contribution in [0, 0.1) is 19.7 Å². The molecule has 218 valence electrons. The third-order valence-electron chi connectivity index (χ3n) is 9.08. The molecule has 2 saturated heterocycles. The van der Waals surface area contributed by atoms with Gasteiger partial charge in [0.2, 0.25) is 0 Å². The van der Waals surface area contributed by atoms with E-state index in [9.17, 15) is 14.0 Å². The van der Waals surface area contributed by atoms with Crippen LogP contribution >= 0.6 is 0 Å². The van der Waals surface area contributed by atoms with Crippen LogP contribution in [0.3, 0.4) is 0 Å². The van der Waals surface area contributed by atoms with E-state index < -0.39 is 10.9 Å². The Kier molecular flexibility index (Phi) is 7.83. The van der Waals surface area contributed by atoms with Crippen LogP contribution in [0.5, 0.6) is 0 Å². The van der Waals surface area contributed by atoms with E-state index in [0.717, 1.165) is 93.0 Å². The zero-order chi connectivity index (χ0) is 28.7. The lowest BCUT2D eigenvalue weighted by atomic mass is 9.97. The highest BCUT2D eigenvalue weighted by Crippen LogP contribution is 2.31. The summed E-state index contributed by atoms with van der Waals surface area (Å²) in [6.07, 6.45) is 7.12. The van der Waals surface area contributed by atoms with Gasteiger partial charge in [0.05, 0.1) is 11.9 Å². The molecule has 0 bridgehead atoms. The van der Waals surface area contributed by atoms with Crippen LogP contribution in [-0.4, -0.2) is 65.6 Å². The molecule has 2 aromatic carbocycles. The second-order valence-electron chi connectivity index (χ2n) is 12.2. The second-order valence-corrected chi connectivity index (χ2v) is 12.2. The van der Waals surface area contributed by atoms with Gasteiger partial charge in [-0.25, -0.2) is 9.37 Å². The van der Waals surface area contributed by atoms with Crippen molar-refractivity contribution in [3.8, 4) is 0 Å². The summed E-state index contributed by atoms with van der Waals surface area (Å²) in [7, 11) is 0. The molecule has 3 aromatic rings. The molecule has 2 aliphatic heterocycles. The number of aromatic nitrogens is 1. The largest absolute Gasteiger partial charge is 0.377 e. The smallest absolute Gasteiger partial charge is 0.253 e. The lowest BCUT2D eigenvalue weighted by Crippen LogP contribution is -2.58. The molecule has 1 aromatic heterocycles. The van der Waals surface area contributed by atoms with Crippen LogP contribution in [-0.2, 0) is 6.54 Å². The minimum absolute atomic E-state index is 0.0962. The average molecular weight is 561 g/mol. The zero-order valence-corrected chi connectivity index (χ0v) is 24.4. The number of likely N-dealkylation sites (tertiary alicyclic amines) is 1. The Labute approximate surface area is 241 Å². The minimum atomic E-state index is -0.468. The maximum Gasteiger partial charge on any atom is 0.253 e. The van der Waals surface area contributed by atoms with Gasteiger partial charge in [0.1, 0.15) is 23.0 Å². The van der Waals surface area contributed by atoms with Gasteiger partial charge in [-0.2, -0.15) is 0 Å². The van der Waals surface area contributed by atoms with Gasteiger partial charge in [-0.05, 0) is 82.3 Å². The van der Waals surface area contributed by atoms with E-state index in [1.54, 1.807) is 12.3 Å². The van der Waals surface area contributed by atoms with Gasteiger partial charge in [-0.3, -0.25) is 19.4 Å². The predicted molar refractivity (Wildman–Crippen MR) is 163 cm³/mol. The van der Waals surface area contributed by atoms with Crippen molar-refractivity contribution in [2.75, 3.05) is 48.3 Å². The molecule has 3 aliphatic rings. The number of hydrogen-bond acceptors (Lipinski definition) is 8. The van der Waals surface area contributed by atoms with E-state index >= 15 is 0 Å². The first-order valence-corrected chi connectivity index (χ1v) is 15.1. The topological polar surface area (TPSA) is 80.8 Å². The van der Waals surface area contributed by atoms with E-state index in [0.29, 0.717) is 36.0 Å². The van der Waals surface area contributed by atoms with Gasteiger partial charge in [-0.1, -0.05) is 19.1 Å². The van der Waals surface area contributed by atoms with Crippen molar-refractivity contribution >= 4 is 22.9 Å². The highest BCUT2D eigenvalue weighted by atomic mass is 19.1. The normalized spacial score (nSPS) is 21.0. The summed E-state index contributed by atoms with van der Waals surface area (Å²) in [5.74, 6) is 0.881. The van der Waals surface area contributed by atoms with E-state index in [4.69, 9.17) is 4.98 Å². The highest BCUT2D eigenvalue weighted by molar-refractivity contribution is 5.79. The van der Waals surface area contributed by atoms with Crippen molar-refractivity contribution < 1.29 is 4.39 Å². The lowest BCUT2D eigenvalue weighted by molar-refractivity contribution is 0.0607. The van der Waals surface area contributed by atoms with Crippen LogP contribution in [0.1, 0.15) is 55.7 Å². The molecule has 3 fully saturated rings. The van der Waals surface area contributed by atoms with Gasteiger partial charge in [0, 0.05) is 49.9 Å². The SMILES string of the molecule is CCC1CN(c2ncc(Nc3c(NC4CC4)c(=O)c3=O)cc2C)CCN1C1CCN(Cc2ccc(C)cc2F)CC1. The van der Waals surface area contributed by atoms with Crippen molar-refractivity contribution in [3.63, 3.8) is 0 Å². The van der Waals surface area contributed by atoms with E-state index in [2.05, 4.69) is 39.2 Å². The highest BCUT2D eigenvalue weighted by Gasteiger charge is 2.34. The molecule has 9 heteroatoms. The molecule has 2 N–H and O–H groups in total. The Morgan fingerprint density at radius 2 is 1.73 bits per heavy atom. The number of pyridine rings is 1. The van der Waals surface area contributed by atoms with Gasteiger partial charge in [0.15, 0.2) is 0 Å². The molecule has 0 spiro atoms. The Balaban J connectivity index is 1.05. The van der Waals surface area contributed by atoms with Crippen LogP contribution in [0.25, 0.3) is 0 Å². The summed E-state index contributed by atoms with van der Waals surface area (Å²) in [5, 5.41) is 6.31. The van der Waals surface area contributed by atoms with E-state index in [1.807, 2.05) is 25.1 Å². The van der Waals surface area contributed by atoms with Crippen molar-refractivity contribution in [2.45, 2.75) is 77.5 Å². The molecule has 1 atom stereocenters. The van der Waals surface area contributed by atoms with Crippen molar-refractivity contribution in [1.82, 2.24) is 14.8 Å². The fraction of sp³-hybridized carbons (Fsp3) is 0.531. The summed E-state index contributed by atoms with van der Waals surface area (Å²) < 4.78 is 14.4. The summed E-state index contributed by atoms with van der Waals surface area (Å²) in [4.78, 5) is 36.5. The summed E-state index contributed by atoms with van der Waals surface area (Å²) in [6, 6.07) is 8.88. The van der Waals surface area contributed by atoms with E-state index in [-0.39, 0.29) is 5.82 Å². The molecule has 41 heavy (non-hydrogen) atoms. The predicted octanol–water partition coefficient (Wildman–Crippen LogP) is 4.32. The Morgan fingerprint density at radius 3 is 2.41 bits per heavy atom. The van der Waals surface area contributed by atoms with Crippen LogP contribution in [0.2, 0.25) is 0 Å². The molecule has 6 rings (SSSR count). The second kappa shape index (κ2) is 11.5. The first-order chi connectivity index (χ1) is 19.8. The maximum absolute atomic E-state index is 14.4. The first kappa shape index (κ1) is 27.8. The Bertz CT molecular complexity index is 1470. The fourth-order valence-corrected chi connectivity index (χ4v) is 6.53. The fourth-order valence-electron chi connectivity index (χ4n) is 6.53. The summed E-state index contributed by atoms with van der Waals surface area (Å²) in [5.41, 5.74) is 3.38. The number of hydrogen-bond donors (Lipinski definition) is 2. The number of nitrogens with one attached hydrogen (secondary N) is 2. The van der Waals surface area contributed by atoms with Gasteiger partial charge in [-0.15, -0.1) is 0 Å². The number of halogens is 1. The maximum atomic E-state index is 14.4. The van der Waals surface area contributed by atoms with Crippen LogP contribution in [0.4, 0.5) is 27.3 Å². The van der Waals surface area contributed by atoms with Gasteiger partial charge >= 0.3 is 0 Å². The summed E-state index contributed by atoms with van der Waals surface area (Å²) >= 11 is 0. The van der Waals surface area contributed by atoms with Crippen LogP contribution in [0.15, 0.2) is 40.1 Å². The Hall–Kier alpha value is -3.30. The Morgan fingerprint density at radius 1 is 0.976 bits per heavy atom. The molecule has 1 saturated carbocycles.